The van der Waals surface area contributed by atoms with Crippen molar-refractivity contribution in [2.24, 2.45) is 0 Å². The lowest BCUT2D eigenvalue weighted by atomic mass is 9.92. The number of hydrogen-bond acceptors (Lipinski definition) is 6. The van der Waals surface area contributed by atoms with Crippen molar-refractivity contribution < 1.29 is 29.3 Å². The molecule has 0 saturated carbocycles. The second-order valence-electron chi connectivity index (χ2n) is 6.75. The third-order valence-electron chi connectivity index (χ3n) is 4.34. The smallest absolute Gasteiger partial charge is 0.338 e. The fraction of sp³-hybridized carbons (Fsp3) is 0.238. The van der Waals surface area contributed by atoms with Crippen molar-refractivity contribution in [3.63, 3.8) is 0 Å². The highest BCUT2D eigenvalue weighted by molar-refractivity contribution is 6.04. The summed E-state index contributed by atoms with van der Waals surface area (Å²) >= 11 is 0. The van der Waals surface area contributed by atoms with Crippen LogP contribution in [0.3, 0.4) is 0 Å². The first-order valence-corrected chi connectivity index (χ1v) is 8.99. The zero-order valence-corrected chi connectivity index (χ0v) is 16.2. The first-order valence-electron chi connectivity index (χ1n) is 8.99. The number of rotatable bonds is 5. The monoisotopic (exact) mass is 398 g/mol. The maximum Gasteiger partial charge on any atom is 0.338 e. The Morgan fingerprint density at radius 2 is 1.79 bits per heavy atom. The molecule has 1 aliphatic rings. The number of carbonyl (C=O) groups excluding carboxylic acids is 2. The van der Waals surface area contributed by atoms with Gasteiger partial charge >= 0.3 is 12.0 Å². The first-order chi connectivity index (χ1) is 13.8. The van der Waals surface area contributed by atoms with Crippen LogP contribution in [0.25, 0.3) is 5.70 Å². The average molecular weight is 398 g/mol. The number of esters is 1. The quantitative estimate of drug-likeness (QED) is 0.576. The van der Waals surface area contributed by atoms with E-state index in [2.05, 4.69) is 10.6 Å². The predicted molar refractivity (Wildman–Crippen MR) is 105 cm³/mol. The Balaban J connectivity index is 2.19. The predicted octanol–water partition coefficient (Wildman–Crippen LogP) is 2.82. The Morgan fingerprint density at radius 1 is 1.10 bits per heavy atom. The molecule has 1 unspecified atom stereocenters. The molecule has 2 amide bonds. The Labute approximate surface area is 167 Å². The summed E-state index contributed by atoms with van der Waals surface area (Å²) in [7, 11) is 1.54. The molecule has 0 radical (unpaired) electrons. The molecule has 0 fully saturated rings. The number of phenols is 2. The number of phenolic OH excluding ortho intramolecular Hbond substituents is 2. The Bertz CT molecular complexity index is 966. The van der Waals surface area contributed by atoms with E-state index >= 15 is 0 Å². The molecule has 4 N–H and O–H groups in total. The third kappa shape index (κ3) is 4.26. The summed E-state index contributed by atoms with van der Waals surface area (Å²) in [5.41, 5.74) is 1.21. The maximum atomic E-state index is 13.0. The van der Waals surface area contributed by atoms with E-state index in [4.69, 9.17) is 9.47 Å². The van der Waals surface area contributed by atoms with E-state index in [1.165, 1.54) is 19.2 Å². The number of nitrogens with one attached hydrogen (secondary N) is 2. The molecule has 2 aromatic carbocycles. The van der Waals surface area contributed by atoms with Crippen LogP contribution in [0.2, 0.25) is 0 Å². The summed E-state index contributed by atoms with van der Waals surface area (Å²) in [6, 6.07) is 9.23. The number of aromatic hydroxyl groups is 2. The van der Waals surface area contributed by atoms with E-state index in [1.807, 2.05) is 0 Å². The second-order valence-corrected chi connectivity index (χ2v) is 6.75. The zero-order chi connectivity index (χ0) is 21.1. The van der Waals surface area contributed by atoms with Crippen LogP contribution in [0.4, 0.5) is 4.79 Å². The number of urea groups is 1. The minimum absolute atomic E-state index is 0.129. The van der Waals surface area contributed by atoms with Crippen LogP contribution in [0.1, 0.15) is 31.0 Å². The molecule has 0 saturated heterocycles. The van der Waals surface area contributed by atoms with Gasteiger partial charge in [-0.15, -0.1) is 0 Å². The van der Waals surface area contributed by atoms with Crippen molar-refractivity contribution in [2.75, 3.05) is 7.11 Å². The van der Waals surface area contributed by atoms with E-state index in [0.29, 0.717) is 11.3 Å². The van der Waals surface area contributed by atoms with Crippen molar-refractivity contribution in [1.29, 1.82) is 0 Å². The van der Waals surface area contributed by atoms with Gasteiger partial charge in [0.05, 0.1) is 30.5 Å². The van der Waals surface area contributed by atoms with Crippen LogP contribution in [0, 0.1) is 0 Å². The van der Waals surface area contributed by atoms with Gasteiger partial charge in [0.25, 0.3) is 0 Å². The molecule has 29 heavy (non-hydrogen) atoms. The molecular formula is C21H22N2O6. The SMILES string of the molecule is COc1ccc(C2=C(C(=O)OC(C)C)C(c3ccc(O)cc3O)NC(=O)N2)cc1. The fourth-order valence-electron chi connectivity index (χ4n) is 3.06. The first kappa shape index (κ1) is 20.1. The molecule has 152 valence electrons. The minimum atomic E-state index is -0.979. The Kier molecular flexibility index (Phi) is 5.63. The lowest BCUT2D eigenvalue weighted by Gasteiger charge is -2.30. The van der Waals surface area contributed by atoms with Crippen molar-refractivity contribution in [1.82, 2.24) is 10.6 Å². The van der Waals surface area contributed by atoms with Gasteiger partial charge in [0, 0.05) is 11.6 Å². The molecule has 1 heterocycles. The number of methoxy groups -OCH3 is 1. The Morgan fingerprint density at radius 3 is 2.38 bits per heavy atom. The standard InChI is InChI=1S/C21H22N2O6/c1-11(2)29-20(26)17-18(12-4-7-14(28-3)8-5-12)22-21(27)23-19(17)15-9-6-13(24)10-16(15)25/h4-11,19,24-25H,1-3H3,(H2,22,23,27). The summed E-state index contributed by atoms with van der Waals surface area (Å²) in [5, 5.41) is 25.2. The molecule has 2 aromatic rings. The van der Waals surface area contributed by atoms with E-state index in [-0.39, 0.29) is 34.4 Å². The van der Waals surface area contributed by atoms with E-state index < -0.39 is 18.0 Å². The van der Waals surface area contributed by atoms with Crippen LogP contribution in [0.15, 0.2) is 48.0 Å². The fourth-order valence-corrected chi connectivity index (χ4v) is 3.06. The highest BCUT2D eigenvalue weighted by Gasteiger charge is 2.36. The van der Waals surface area contributed by atoms with Crippen molar-refractivity contribution >= 4 is 17.7 Å². The summed E-state index contributed by atoms with van der Waals surface area (Å²) < 4.78 is 10.6. The van der Waals surface area contributed by atoms with Gasteiger partial charge in [-0.1, -0.05) is 0 Å². The molecular weight excluding hydrogens is 376 g/mol. The van der Waals surface area contributed by atoms with E-state index in [0.717, 1.165) is 6.07 Å². The minimum Gasteiger partial charge on any atom is -0.508 e. The van der Waals surface area contributed by atoms with Gasteiger partial charge in [0.2, 0.25) is 0 Å². The lowest BCUT2D eigenvalue weighted by molar-refractivity contribution is -0.143. The Hall–Kier alpha value is -3.68. The van der Waals surface area contributed by atoms with Crippen LogP contribution in [0.5, 0.6) is 17.2 Å². The molecule has 3 rings (SSSR count). The van der Waals surface area contributed by atoms with Crippen LogP contribution >= 0.6 is 0 Å². The number of ether oxygens (including phenoxy) is 2. The maximum absolute atomic E-state index is 13.0. The van der Waals surface area contributed by atoms with Gasteiger partial charge in [-0.2, -0.15) is 0 Å². The number of hydrogen-bond donors (Lipinski definition) is 4. The molecule has 0 aromatic heterocycles. The molecule has 8 nitrogen and oxygen atoms in total. The van der Waals surface area contributed by atoms with E-state index in [9.17, 15) is 19.8 Å². The summed E-state index contributed by atoms with van der Waals surface area (Å²) in [5.74, 6) is -0.428. The lowest BCUT2D eigenvalue weighted by Crippen LogP contribution is -2.45. The largest absolute Gasteiger partial charge is 0.508 e. The normalized spacial score (nSPS) is 16.3. The molecule has 0 bridgehead atoms. The molecule has 8 heteroatoms. The van der Waals surface area contributed by atoms with Gasteiger partial charge < -0.3 is 30.3 Å². The van der Waals surface area contributed by atoms with Gasteiger partial charge in [0.1, 0.15) is 17.2 Å². The summed E-state index contributed by atoms with van der Waals surface area (Å²) in [4.78, 5) is 25.3. The van der Waals surface area contributed by atoms with Gasteiger partial charge in [-0.05, 0) is 55.8 Å². The van der Waals surface area contributed by atoms with Gasteiger partial charge in [-0.3, -0.25) is 0 Å². The van der Waals surface area contributed by atoms with Crippen LogP contribution in [-0.2, 0) is 9.53 Å². The number of carbonyl (C=O) groups is 2. The molecule has 1 atom stereocenters. The van der Waals surface area contributed by atoms with Gasteiger partial charge in [-0.25, -0.2) is 9.59 Å². The summed E-state index contributed by atoms with van der Waals surface area (Å²) in [6.07, 6.45) is -0.390. The third-order valence-corrected chi connectivity index (χ3v) is 4.34. The molecule has 1 aliphatic heterocycles. The number of benzene rings is 2. The van der Waals surface area contributed by atoms with Crippen LogP contribution < -0.4 is 15.4 Å². The highest BCUT2D eigenvalue weighted by atomic mass is 16.5. The molecule has 0 aliphatic carbocycles. The second kappa shape index (κ2) is 8.14. The zero-order valence-electron chi connectivity index (χ0n) is 16.2. The van der Waals surface area contributed by atoms with Crippen molar-refractivity contribution in [3.05, 3.63) is 59.2 Å². The van der Waals surface area contributed by atoms with Crippen molar-refractivity contribution in [2.45, 2.75) is 26.0 Å². The van der Waals surface area contributed by atoms with Gasteiger partial charge in [0.15, 0.2) is 0 Å². The van der Waals surface area contributed by atoms with Crippen LogP contribution in [-0.4, -0.2) is 35.4 Å². The topological polar surface area (TPSA) is 117 Å². The highest BCUT2D eigenvalue weighted by Crippen LogP contribution is 2.37. The molecule has 0 spiro atoms. The average Bonchev–Trinajstić information content (AvgIpc) is 2.66. The van der Waals surface area contributed by atoms with Crippen molar-refractivity contribution in [3.8, 4) is 17.2 Å². The number of amides is 2. The summed E-state index contributed by atoms with van der Waals surface area (Å²) in [6.45, 7) is 3.43. The van der Waals surface area contributed by atoms with E-state index in [1.54, 1.807) is 38.1 Å².